The highest BCUT2D eigenvalue weighted by molar-refractivity contribution is 5.90. The Morgan fingerprint density at radius 2 is 1.61 bits per heavy atom. The van der Waals surface area contributed by atoms with Gasteiger partial charge < -0.3 is 14.8 Å². The molecule has 6 rings (SSSR count). The van der Waals surface area contributed by atoms with E-state index in [2.05, 4.69) is 9.88 Å². The van der Waals surface area contributed by atoms with Crippen LogP contribution >= 0.6 is 0 Å². The van der Waals surface area contributed by atoms with Crippen LogP contribution in [0.1, 0.15) is 28.6 Å². The topological polar surface area (TPSA) is 55.1 Å². The summed E-state index contributed by atoms with van der Waals surface area (Å²) in [6, 6.07) is 29.2. The van der Waals surface area contributed by atoms with E-state index in [1.165, 1.54) is 12.1 Å². The largest absolute Gasteiger partial charge is 0.322 e. The van der Waals surface area contributed by atoms with Crippen LogP contribution in [-0.2, 0) is 6.54 Å². The lowest BCUT2D eigenvalue weighted by molar-refractivity contribution is 0.194. The van der Waals surface area contributed by atoms with Gasteiger partial charge in [0.05, 0.1) is 29.7 Å². The molecule has 0 radical (unpaired) electrons. The molecule has 178 valence electrons. The lowest BCUT2D eigenvalue weighted by Gasteiger charge is -2.31. The van der Waals surface area contributed by atoms with Crippen LogP contribution in [-0.4, -0.2) is 25.3 Å². The van der Waals surface area contributed by atoms with Gasteiger partial charge in [-0.2, -0.15) is 5.10 Å². The zero-order valence-electron chi connectivity index (χ0n) is 19.7. The van der Waals surface area contributed by atoms with Crippen molar-refractivity contribution in [3.8, 4) is 11.5 Å². The Labute approximate surface area is 208 Å². The van der Waals surface area contributed by atoms with Gasteiger partial charge in [0.1, 0.15) is 11.6 Å². The molecule has 0 aliphatic carbocycles. The molecule has 0 unspecified atom stereocenters. The van der Waals surface area contributed by atoms with Gasteiger partial charge >= 0.3 is 6.03 Å². The van der Waals surface area contributed by atoms with Crippen LogP contribution in [0.5, 0.6) is 0 Å². The fourth-order valence-corrected chi connectivity index (χ4v) is 4.86. The second kappa shape index (κ2) is 8.85. The summed E-state index contributed by atoms with van der Waals surface area (Å²) in [6.07, 6.45) is 2.02. The van der Waals surface area contributed by atoms with Crippen molar-refractivity contribution in [3.05, 3.63) is 132 Å². The molecule has 2 amide bonds. The van der Waals surface area contributed by atoms with Crippen molar-refractivity contribution in [1.29, 1.82) is 0 Å². The average molecular weight is 478 g/mol. The van der Waals surface area contributed by atoms with Gasteiger partial charge in [0.25, 0.3) is 0 Å². The fraction of sp³-hybridized carbons (Fsp3) is 0.103. The molecule has 1 atom stereocenters. The van der Waals surface area contributed by atoms with E-state index in [1.54, 1.807) is 12.1 Å². The average Bonchev–Trinajstić information content (AvgIpc) is 3.47. The van der Waals surface area contributed by atoms with E-state index in [1.807, 2.05) is 95.5 Å². The lowest BCUT2D eigenvalue weighted by Crippen LogP contribution is -2.38. The first-order valence-corrected chi connectivity index (χ1v) is 11.8. The zero-order valence-corrected chi connectivity index (χ0v) is 19.7. The number of aryl methyl sites for hydroxylation is 1. The number of hydrogen-bond acceptors (Lipinski definition) is 2. The molecule has 1 aliphatic rings. The number of halogens is 1. The van der Waals surface area contributed by atoms with Gasteiger partial charge in [-0.25, -0.2) is 13.9 Å². The molecule has 0 saturated carbocycles. The molecule has 0 spiro atoms. The van der Waals surface area contributed by atoms with Crippen LogP contribution in [0, 0.1) is 12.7 Å². The number of benzene rings is 3. The third-order valence-electron chi connectivity index (χ3n) is 6.56. The third kappa shape index (κ3) is 3.75. The van der Waals surface area contributed by atoms with Gasteiger partial charge in [0.2, 0.25) is 0 Å². The van der Waals surface area contributed by atoms with Crippen LogP contribution in [0.4, 0.5) is 14.9 Å². The van der Waals surface area contributed by atoms with Gasteiger partial charge in [-0.15, -0.1) is 0 Å². The van der Waals surface area contributed by atoms with Crippen molar-refractivity contribution in [2.24, 2.45) is 0 Å². The molecule has 3 heterocycles. The Balaban J connectivity index is 1.52. The number of para-hydroxylation sites is 1. The Hall–Kier alpha value is -4.65. The minimum atomic E-state index is -0.351. The minimum Gasteiger partial charge on any atom is -0.308 e. The van der Waals surface area contributed by atoms with Gasteiger partial charge in [-0.05, 0) is 61.0 Å². The quantitative estimate of drug-likeness (QED) is 0.334. The molecule has 0 saturated heterocycles. The molecule has 36 heavy (non-hydrogen) atoms. The molecular formula is C29H24FN5O. The maximum Gasteiger partial charge on any atom is 0.322 e. The number of anilines is 1. The summed E-state index contributed by atoms with van der Waals surface area (Å²) in [4.78, 5) is 15.6. The normalized spacial score (nSPS) is 14.6. The summed E-state index contributed by atoms with van der Waals surface area (Å²) in [5.74, 6) is 0.563. The number of aromatic nitrogens is 3. The molecule has 1 aliphatic heterocycles. The van der Waals surface area contributed by atoms with Crippen LogP contribution in [0.2, 0.25) is 0 Å². The molecule has 0 fully saturated rings. The number of carbonyl (C=O) groups excluding carboxylic acids is 1. The van der Waals surface area contributed by atoms with Crippen LogP contribution in [0.3, 0.4) is 0 Å². The number of carbonyl (C=O) groups is 1. The summed E-state index contributed by atoms with van der Waals surface area (Å²) in [5, 5.41) is 7.83. The van der Waals surface area contributed by atoms with E-state index in [0.717, 1.165) is 34.0 Å². The molecule has 5 aromatic rings. The van der Waals surface area contributed by atoms with E-state index in [4.69, 9.17) is 5.10 Å². The highest BCUT2D eigenvalue weighted by Gasteiger charge is 2.35. The molecule has 7 heteroatoms. The zero-order chi connectivity index (χ0) is 24.6. The molecule has 3 aromatic carbocycles. The Morgan fingerprint density at radius 3 is 2.33 bits per heavy atom. The fourth-order valence-electron chi connectivity index (χ4n) is 4.86. The predicted molar refractivity (Wildman–Crippen MR) is 137 cm³/mol. The number of nitrogens with zero attached hydrogens (tertiary/aromatic N) is 4. The monoisotopic (exact) mass is 477 g/mol. The minimum absolute atomic E-state index is 0.275. The van der Waals surface area contributed by atoms with Crippen molar-refractivity contribution in [2.75, 3.05) is 5.32 Å². The molecule has 6 nitrogen and oxygen atoms in total. The predicted octanol–water partition coefficient (Wildman–Crippen LogP) is 6.25. The smallest absolute Gasteiger partial charge is 0.308 e. The summed E-state index contributed by atoms with van der Waals surface area (Å²) < 4.78 is 17.5. The summed E-state index contributed by atoms with van der Waals surface area (Å²) in [6.45, 7) is 2.32. The molecule has 0 bridgehead atoms. The van der Waals surface area contributed by atoms with Crippen molar-refractivity contribution in [3.63, 3.8) is 0 Å². The summed E-state index contributed by atoms with van der Waals surface area (Å²) in [5.41, 5.74) is 5.23. The Bertz CT molecular complexity index is 1520. The SMILES string of the molecule is Cc1nn(-c2ccccc2)c2c1CN(C(=O)Nc1ccc(F)cc1)[C@@H](c1ccccc1)c1cccn1-2. The Morgan fingerprint density at radius 1 is 0.917 bits per heavy atom. The summed E-state index contributed by atoms with van der Waals surface area (Å²) >= 11 is 0. The van der Waals surface area contributed by atoms with Crippen molar-refractivity contribution in [1.82, 2.24) is 19.2 Å². The number of nitrogens with one attached hydrogen (secondary N) is 1. The van der Waals surface area contributed by atoms with E-state index >= 15 is 0 Å². The van der Waals surface area contributed by atoms with Crippen molar-refractivity contribution < 1.29 is 9.18 Å². The van der Waals surface area contributed by atoms with Crippen LogP contribution in [0.15, 0.2) is 103 Å². The molecular weight excluding hydrogens is 453 g/mol. The van der Waals surface area contributed by atoms with Gasteiger partial charge in [-0.1, -0.05) is 48.5 Å². The molecule has 1 N–H and O–H groups in total. The van der Waals surface area contributed by atoms with Crippen LogP contribution < -0.4 is 5.32 Å². The first-order chi connectivity index (χ1) is 17.6. The maximum atomic E-state index is 13.8. The first kappa shape index (κ1) is 21.9. The third-order valence-corrected chi connectivity index (χ3v) is 6.56. The first-order valence-electron chi connectivity index (χ1n) is 11.8. The second-order valence-corrected chi connectivity index (χ2v) is 8.82. The number of rotatable bonds is 3. The standard InChI is InChI=1S/C29H24FN5O/c1-20-25-19-34(29(36)31-23-16-14-22(30)15-17-23)27(21-9-4-2-5-10-21)26-13-8-18-33(26)28(25)35(32-20)24-11-6-3-7-12-24/h2-18,27H,19H2,1H3,(H,31,36)/t27-/m0/s1. The highest BCUT2D eigenvalue weighted by atomic mass is 19.1. The number of amides is 2. The molecule has 2 aromatic heterocycles. The highest BCUT2D eigenvalue weighted by Crippen LogP contribution is 2.38. The van der Waals surface area contributed by atoms with Crippen molar-refractivity contribution in [2.45, 2.75) is 19.5 Å². The van der Waals surface area contributed by atoms with Crippen LogP contribution in [0.25, 0.3) is 11.5 Å². The van der Waals surface area contributed by atoms with E-state index in [-0.39, 0.29) is 17.9 Å². The number of urea groups is 1. The number of fused-ring (bicyclic) bond motifs is 3. The lowest BCUT2D eigenvalue weighted by atomic mass is 10.0. The van der Waals surface area contributed by atoms with E-state index in [9.17, 15) is 9.18 Å². The van der Waals surface area contributed by atoms with Crippen molar-refractivity contribution >= 4 is 11.7 Å². The summed E-state index contributed by atoms with van der Waals surface area (Å²) in [7, 11) is 0. The number of hydrogen-bond donors (Lipinski definition) is 1. The van der Waals surface area contributed by atoms with Gasteiger partial charge in [0.15, 0.2) is 0 Å². The van der Waals surface area contributed by atoms with E-state index < -0.39 is 0 Å². The second-order valence-electron chi connectivity index (χ2n) is 8.82. The maximum absolute atomic E-state index is 13.8. The van der Waals surface area contributed by atoms with Gasteiger partial charge in [-0.3, -0.25) is 0 Å². The van der Waals surface area contributed by atoms with Gasteiger partial charge in [0, 0.05) is 17.4 Å². The Kier molecular flexibility index (Phi) is 5.37. The van der Waals surface area contributed by atoms with E-state index in [0.29, 0.717) is 12.2 Å².